The molecule has 1 aromatic carbocycles. The average molecular weight is 346 g/mol. The Labute approximate surface area is 148 Å². The highest BCUT2D eigenvalue weighted by Gasteiger charge is 2.39. The first-order valence-corrected chi connectivity index (χ1v) is 9.41. The molecule has 3 aliphatic rings. The Hall–Kier alpha value is -1.48. The molecular weight excluding hydrogens is 322 g/mol. The number of likely N-dealkylation sites (tertiary alicyclic amines) is 1. The standard InChI is InChI=1S/C20H24ClNO2/c1-14-12-18-16(13-17(14)21)6-7-20(24-18)8-10-22(11-9-20)19(23)15-4-2-3-5-15/h6-7,12-13,15H,2-5,8-11H2,1H3. The third kappa shape index (κ3) is 2.83. The SMILES string of the molecule is Cc1cc2c(cc1Cl)C=CC1(CCN(C(=O)C3CCCC3)CC1)O2. The molecule has 0 aromatic heterocycles. The Kier molecular flexibility index (Phi) is 4.07. The molecule has 2 aliphatic heterocycles. The fourth-order valence-electron chi connectivity index (χ4n) is 4.19. The lowest BCUT2D eigenvalue weighted by atomic mass is 9.87. The van der Waals surface area contributed by atoms with Crippen LogP contribution in [0, 0.1) is 12.8 Å². The van der Waals surface area contributed by atoms with Crippen LogP contribution in [0.1, 0.15) is 49.7 Å². The van der Waals surface area contributed by atoms with Crippen molar-refractivity contribution >= 4 is 23.6 Å². The number of hydrogen-bond donors (Lipinski definition) is 0. The van der Waals surface area contributed by atoms with Crippen molar-refractivity contribution in [2.45, 2.75) is 51.0 Å². The number of ether oxygens (including phenoxy) is 1. The third-order valence-electron chi connectivity index (χ3n) is 5.80. The Morgan fingerprint density at radius 3 is 2.67 bits per heavy atom. The third-order valence-corrected chi connectivity index (χ3v) is 6.20. The molecule has 128 valence electrons. The van der Waals surface area contributed by atoms with E-state index in [2.05, 4.69) is 17.1 Å². The summed E-state index contributed by atoms with van der Waals surface area (Å²) < 4.78 is 6.37. The first-order chi connectivity index (χ1) is 11.6. The van der Waals surface area contributed by atoms with Crippen LogP contribution in [0.5, 0.6) is 5.75 Å². The Bertz CT molecular complexity index is 683. The van der Waals surface area contributed by atoms with Gasteiger partial charge in [0.05, 0.1) is 0 Å². The minimum atomic E-state index is -0.264. The largest absolute Gasteiger partial charge is 0.482 e. The van der Waals surface area contributed by atoms with E-state index < -0.39 is 0 Å². The molecule has 1 aromatic rings. The second-order valence-electron chi connectivity index (χ2n) is 7.45. The zero-order chi connectivity index (χ0) is 16.7. The summed E-state index contributed by atoms with van der Waals surface area (Å²) >= 11 is 6.21. The van der Waals surface area contributed by atoms with E-state index >= 15 is 0 Å². The van der Waals surface area contributed by atoms with E-state index in [0.29, 0.717) is 5.91 Å². The highest BCUT2D eigenvalue weighted by atomic mass is 35.5. The van der Waals surface area contributed by atoms with Crippen LogP contribution in [-0.4, -0.2) is 29.5 Å². The van der Waals surface area contributed by atoms with E-state index in [1.807, 2.05) is 19.1 Å². The van der Waals surface area contributed by atoms with Gasteiger partial charge < -0.3 is 9.64 Å². The summed E-state index contributed by atoms with van der Waals surface area (Å²) in [5.41, 5.74) is 1.81. The number of hydrogen-bond acceptors (Lipinski definition) is 2. The van der Waals surface area contributed by atoms with Gasteiger partial charge in [-0.05, 0) is 43.5 Å². The quantitative estimate of drug-likeness (QED) is 0.744. The number of nitrogens with zero attached hydrogens (tertiary/aromatic N) is 1. The molecule has 1 amide bonds. The molecule has 0 radical (unpaired) electrons. The highest BCUT2D eigenvalue weighted by Crippen LogP contribution is 2.39. The van der Waals surface area contributed by atoms with Crippen LogP contribution in [0.2, 0.25) is 5.02 Å². The van der Waals surface area contributed by atoms with Gasteiger partial charge >= 0.3 is 0 Å². The van der Waals surface area contributed by atoms with Crippen molar-refractivity contribution in [1.29, 1.82) is 0 Å². The molecule has 0 atom stereocenters. The van der Waals surface area contributed by atoms with E-state index in [9.17, 15) is 4.79 Å². The number of halogens is 1. The van der Waals surface area contributed by atoms with E-state index in [1.165, 1.54) is 12.8 Å². The van der Waals surface area contributed by atoms with Gasteiger partial charge in [0.2, 0.25) is 5.91 Å². The lowest BCUT2D eigenvalue weighted by Gasteiger charge is -2.42. The predicted octanol–water partition coefficient (Wildman–Crippen LogP) is 4.61. The highest BCUT2D eigenvalue weighted by molar-refractivity contribution is 6.31. The first kappa shape index (κ1) is 16.0. The summed E-state index contributed by atoms with van der Waals surface area (Å²) in [5.74, 6) is 1.55. The maximum atomic E-state index is 12.6. The lowest BCUT2D eigenvalue weighted by molar-refractivity contribution is -0.138. The van der Waals surface area contributed by atoms with Gasteiger partial charge in [0, 0.05) is 42.4 Å². The number of aryl methyl sites for hydroxylation is 1. The van der Waals surface area contributed by atoms with E-state index in [1.54, 1.807) is 0 Å². The molecule has 1 spiro atoms. The monoisotopic (exact) mass is 345 g/mol. The van der Waals surface area contributed by atoms with Gasteiger partial charge in [0.25, 0.3) is 0 Å². The van der Waals surface area contributed by atoms with Crippen molar-refractivity contribution in [3.8, 4) is 5.75 Å². The van der Waals surface area contributed by atoms with Gasteiger partial charge in [-0.15, -0.1) is 0 Å². The van der Waals surface area contributed by atoms with Gasteiger partial charge in [0.15, 0.2) is 0 Å². The second-order valence-corrected chi connectivity index (χ2v) is 7.85. The van der Waals surface area contributed by atoms with Crippen LogP contribution in [0.4, 0.5) is 0 Å². The Balaban J connectivity index is 1.45. The molecule has 0 unspecified atom stereocenters. The summed E-state index contributed by atoms with van der Waals surface area (Å²) in [7, 11) is 0. The number of carbonyl (C=O) groups excluding carboxylic acids is 1. The average Bonchev–Trinajstić information content (AvgIpc) is 3.11. The van der Waals surface area contributed by atoms with Gasteiger partial charge in [-0.25, -0.2) is 0 Å². The molecule has 1 saturated heterocycles. The summed E-state index contributed by atoms with van der Waals surface area (Å²) in [6.07, 6.45) is 10.6. The normalized spacial score (nSPS) is 22.5. The van der Waals surface area contributed by atoms with Crippen LogP contribution in [0.3, 0.4) is 0 Å². The Morgan fingerprint density at radius 1 is 1.25 bits per heavy atom. The molecule has 0 N–H and O–H groups in total. The topological polar surface area (TPSA) is 29.5 Å². The number of piperidine rings is 1. The van der Waals surface area contributed by atoms with Crippen molar-refractivity contribution in [1.82, 2.24) is 4.90 Å². The zero-order valence-electron chi connectivity index (χ0n) is 14.2. The minimum absolute atomic E-state index is 0.264. The number of carbonyl (C=O) groups is 1. The van der Waals surface area contributed by atoms with E-state index in [0.717, 1.165) is 60.7 Å². The lowest BCUT2D eigenvalue weighted by Crippen LogP contribution is -2.50. The van der Waals surface area contributed by atoms with Crippen LogP contribution in [0.25, 0.3) is 6.08 Å². The van der Waals surface area contributed by atoms with E-state index in [4.69, 9.17) is 16.3 Å². The van der Waals surface area contributed by atoms with Crippen molar-refractivity contribution in [2.75, 3.05) is 13.1 Å². The van der Waals surface area contributed by atoms with Gasteiger partial charge in [0.1, 0.15) is 11.4 Å². The number of rotatable bonds is 1. The van der Waals surface area contributed by atoms with Gasteiger partial charge in [-0.3, -0.25) is 4.79 Å². The molecule has 2 fully saturated rings. The minimum Gasteiger partial charge on any atom is -0.482 e. The van der Waals surface area contributed by atoms with Crippen molar-refractivity contribution in [2.24, 2.45) is 5.92 Å². The summed E-state index contributed by atoms with van der Waals surface area (Å²) in [5, 5.41) is 0.773. The Morgan fingerprint density at radius 2 is 1.96 bits per heavy atom. The maximum absolute atomic E-state index is 12.6. The molecule has 4 rings (SSSR count). The molecule has 4 heteroatoms. The number of benzene rings is 1. The maximum Gasteiger partial charge on any atom is 0.225 e. The fraction of sp³-hybridized carbons (Fsp3) is 0.550. The van der Waals surface area contributed by atoms with Gasteiger partial charge in [-0.1, -0.05) is 30.5 Å². The summed E-state index contributed by atoms with van der Waals surface area (Å²) in [6, 6.07) is 3.99. The summed E-state index contributed by atoms with van der Waals surface area (Å²) in [6.45, 7) is 3.59. The van der Waals surface area contributed by atoms with Crippen LogP contribution in [0.15, 0.2) is 18.2 Å². The molecular formula is C20H24ClNO2. The van der Waals surface area contributed by atoms with Crippen LogP contribution in [-0.2, 0) is 4.79 Å². The number of fused-ring (bicyclic) bond motifs is 1. The summed E-state index contributed by atoms with van der Waals surface area (Å²) in [4.78, 5) is 14.7. The van der Waals surface area contributed by atoms with E-state index in [-0.39, 0.29) is 11.5 Å². The van der Waals surface area contributed by atoms with Crippen LogP contribution >= 0.6 is 11.6 Å². The fourth-order valence-corrected chi connectivity index (χ4v) is 4.36. The first-order valence-electron chi connectivity index (χ1n) is 9.04. The van der Waals surface area contributed by atoms with Crippen molar-refractivity contribution in [3.63, 3.8) is 0 Å². The molecule has 1 saturated carbocycles. The van der Waals surface area contributed by atoms with Gasteiger partial charge in [-0.2, -0.15) is 0 Å². The molecule has 0 bridgehead atoms. The predicted molar refractivity (Wildman–Crippen MR) is 96.4 cm³/mol. The smallest absolute Gasteiger partial charge is 0.225 e. The molecule has 24 heavy (non-hydrogen) atoms. The molecule has 3 nitrogen and oxygen atoms in total. The van der Waals surface area contributed by atoms with Crippen molar-refractivity contribution in [3.05, 3.63) is 34.4 Å². The number of amides is 1. The zero-order valence-corrected chi connectivity index (χ0v) is 14.9. The second kappa shape index (κ2) is 6.11. The molecule has 1 aliphatic carbocycles. The van der Waals surface area contributed by atoms with Crippen LogP contribution < -0.4 is 4.74 Å². The van der Waals surface area contributed by atoms with Crippen molar-refractivity contribution < 1.29 is 9.53 Å². The molecule has 2 heterocycles.